The van der Waals surface area contributed by atoms with E-state index in [-0.39, 0.29) is 52.0 Å². The van der Waals surface area contributed by atoms with Crippen LogP contribution in [0.5, 0.6) is 11.5 Å². The van der Waals surface area contributed by atoms with Gasteiger partial charge in [-0.15, -0.1) is 34.0 Å². The van der Waals surface area contributed by atoms with Gasteiger partial charge in [0.1, 0.15) is 17.0 Å². The number of methoxy groups -OCH3 is 1. The molecule has 0 radical (unpaired) electrons. The number of hydrogen-bond acceptors (Lipinski definition) is 9. The first kappa shape index (κ1) is 109. The summed E-state index contributed by atoms with van der Waals surface area (Å²) in [6.45, 7) is 74.9. The second-order valence-corrected chi connectivity index (χ2v) is 45.6. The van der Waals surface area contributed by atoms with Crippen LogP contribution in [0.3, 0.4) is 0 Å². The van der Waals surface area contributed by atoms with Crippen molar-refractivity contribution in [3.05, 3.63) is 208 Å². The van der Waals surface area contributed by atoms with Gasteiger partial charge in [0.05, 0.1) is 35.3 Å². The fraction of sp³-hybridized carbons (Fsp3) is 0.559. The second-order valence-electron chi connectivity index (χ2n) is 35.1. The second kappa shape index (κ2) is 48.2. The molecule has 0 amide bonds. The van der Waals surface area contributed by atoms with Gasteiger partial charge < -0.3 is 13.6 Å². The Balaban J connectivity index is 0. The van der Waals surface area contributed by atoms with Crippen LogP contribution in [-0.4, -0.2) is 38.9 Å². The first-order valence-corrected chi connectivity index (χ1v) is 48.8. The van der Waals surface area contributed by atoms with Crippen LogP contribution in [0.1, 0.15) is 424 Å². The molecule has 0 aliphatic carbocycles. The van der Waals surface area contributed by atoms with Crippen molar-refractivity contribution in [1.82, 2.24) is 15.2 Å². The maximum atomic E-state index is 6.32. The van der Waals surface area contributed by atoms with Crippen molar-refractivity contribution < 1.29 is 13.6 Å². The van der Waals surface area contributed by atoms with Crippen LogP contribution in [0.25, 0.3) is 30.4 Å². The summed E-state index contributed by atoms with van der Waals surface area (Å²) >= 11 is 5.43. The molecule has 0 atom stereocenters. The summed E-state index contributed by atoms with van der Waals surface area (Å²) in [5, 5.41) is 17.7. The van der Waals surface area contributed by atoms with Crippen LogP contribution in [0.15, 0.2) is 113 Å². The van der Waals surface area contributed by atoms with E-state index < -0.39 is 16.6 Å². The van der Waals surface area contributed by atoms with E-state index in [1.807, 2.05) is 28.2 Å². The van der Waals surface area contributed by atoms with Crippen LogP contribution in [0.2, 0.25) is 26.2 Å². The molecule has 6 nitrogen and oxygen atoms in total. The van der Waals surface area contributed by atoms with Crippen LogP contribution >= 0.6 is 34.0 Å². The number of fused-ring (bicyclic) bond motifs is 5. The van der Waals surface area contributed by atoms with Crippen molar-refractivity contribution in [3.8, 4) is 11.5 Å². The van der Waals surface area contributed by atoms with E-state index in [1.54, 1.807) is 23.6 Å². The van der Waals surface area contributed by atoms with Gasteiger partial charge in [0.25, 0.3) is 0 Å². The molecule has 6 aromatic carbocycles. The topological polar surface area (TPSA) is 66.4 Å². The molecular weight excluding hydrogens is 1470 g/mol. The van der Waals surface area contributed by atoms with Crippen LogP contribution < -0.4 is 14.3 Å². The molecular formula is C102H167N3O3S3Si2. The fourth-order valence-corrected chi connectivity index (χ4v) is 22.4. The highest BCUT2D eigenvalue weighted by molar-refractivity contribution is 7.18. The number of aryl methyl sites for hydroxylation is 1. The molecule has 0 fully saturated rings. The Labute approximate surface area is 711 Å². The third-order valence-electron chi connectivity index (χ3n) is 20.7. The number of rotatable bonds is 15. The van der Waals surface area contributed by atoms with Gasteiger partial charge in [0.15, 0.2) is 0 Å². The smallest absolute Gasteiger partial charge is 0.249 e. The van der Waals surface area contributed by atoms with E-state index in [4.69, 9.17) is 13.6 Å². The first-order chi connectivity index (χ1) is 49.6. The quantitative estimate of drug-likeness (QED) is 0.0953. The van der Waals surface area contributed by atoms with Crippen molar-refractivity contribution >= 4 is 86.2 Å². The van der Waals surface area contributed by atoms with Crippen LogP contribution in [0, 0.1) is 6.92 Å². The van der Waals surface area contributed by atoms with Gasteiger partial charge in [-0.05, 0) is 238 Å². The number of thiophene rings is 2. The van der Waals surface area contributed by atoms with Gasteiger partial charge in [-0.25, -0.2) is 4.98 Å². The molecule has 2 aliphatic rings. The average molecular weight is 1640 g/mol. The first-order valence-electron chi connectivity index (χ1n) is 40.1. The lowest BCUT2D eigenvalue weighted by Gasteiger charge is -2.22. The molecule has 6 heterocycles. The lowest BCUT2D eigenvalue weighted by Crippen LogP contribution is -2.42. The van der Waals surface area contributed by atoms with E-state index in [9.17, 15) is 0 Å². The van der Waals surface area contributed by atoms with Gasteiger partial charge in [0, 0.05) is 15.4 Å². The number of aromatic nitrogens is 3. The number of ether oxygens (including phenoxy) is 1. The van der Waals surface area contributed by atoms with Crippen molar-refractivity contribution in [2.45, 2.75) is 374 Å². The maximum Gasteiger partial charge on any atom is 0.249 e. The SMILES string of the molecule is C.C.C.C.C.C.C.CC(C)c1ccc(C(C)C)c2c1CO[Si]2(C)C.CC(C)c1ccc(C(C)C)c2c1C[Si](C)(C)O2.CC(C)c1ccc(C(C)C)c2sccc12.CC(C)c1ccc(C(C)C)cc1.CC(C)c1nnc(C(C)C)c2scnc12.COc1cc(C(C)C)ccc1C(C)C.Cc1csc2c(C(C)C)ccc(C(C)C)c12. The summed E-state index contributed by atoms with van der Waals surface area (Å²) in [6.07, 6.45) is 0. The van der Waals surface area contributed by atoms with Crippen molar-refractivity contribution in [1.29, 1.82) is 0 Å². The Morgan fingerprint density at radius 1 is 0.381 bits per heavy atom. The molecule has 0 saturated carbocycles. The zero-order chi connectivity index (χ0) is 79.3. The van der Waals surface area contributed by atoms with Gasteiger partial charge >= 0.3 is 0 Å². The van der Waals surface area contributed by atoms with Gasteiger partial charge in [-0.3, -0.25) is 0 Å². The Hall–Kier alpha value is -5.80. The monoisotopic (exact) mass is 1630 g/mol. The summed E-state index contributed by atoms with van der Waals surface area (Å²) in [6, 6.07) is 37.4. The van der Waals surface area contributed by atoms with E-state index in [1.165, 1.54) is 120 Å². The molecule has 0 bridgehead atoms. The third kappa shape index (κ3) is 27.9. The lowest BCUT2D eigenvalue weighted by molar-refractivity contribution is 0.318. The Morgan fingerprint density at radius 2 is 0.779 bits per heavy atom. The molecule has 0 spiro atoms. The average Bonchev–Trinajstić information content (AvgIpc) is 1.63. The zero-order valence-electron chi connectivity index (χ0n) is 72.3. The van der Waals surface area contributed by atoms with E-state index in [0.29, 0.717) is 82.9 Å². The number of nitrogens with zero attached hydrogens (tertiary/aromatic N) is 3. The van der Waals surface area contributed by atoms with Gasteiger partial charge in [-0.1, -0.05) is 331 Å². The summed E-state index contributed by atoms with van der Waals surface area (Å²) < 4.78 is 22.0. The maximum absolute atomic E-state index is 6.32. The molecule has 0 unspecified atom stereocenters. The molecule has 10 aromatic rings. The molecule has 634 valence electrons. The number of thiazole rings is 1. The predicted molar refractivity (Wildman–Crippen MR) is 524 cm³/mol. The molecule has 4 aromatic heterocycles. The number of benzene rings is 6. The summed E-state index contributed by atoms with van der Waals surface area (Å²) in [7, 11) is -1.40. The van der Waals surface area contributed by atoms with Gasteiger partial charge in [0.2, 0.25) is 16.6 Å². The summed E-state index contributed by atoms with van der Waals surface area (Å²) in [5.74, 6) is 10.2. The number of hydrogen-bond donors (Lipinski definition) is 0. The van der Waals surface area contributed by atoms with Crippen LogP contribution in [0.4, 0.5) is 0 Å². The van der Waals surface area contributed by atoms with Crippen molar-refractivity contribution in [2.75, 3.05) is 7.11 Å². The molecule has 11 heteroatoms. The Morgan fingerprint density at radius 3 is 1.23 bits per heavy atom. The lowest BCUT2D eigenvalue weighted by atomic mass is 9.91. The van der Waals surface area contributed by atoms with E-state index in [0.717, 1.165) is 29.3 Å². The highest BCUT2D eigenvalue weighted by atomic mass is 32.1. The van der Waals surface area contributed by atoms with Crippen LogP contribution in [-0.2, 0) is 17.1 Å². The summed E-state index contributed by atoms with van der Waals surface area (Å²) in [4.78, 5) is 4.40. The standard InChI is InChI=1S/2C15H24OSi.C15H20S.C14H18S.C13H20O.C12H18.C11H15N3S.7CH4/c1-10(2)12-7-8-13(11(3)4)15-14(12)9-17(5,6)16-15;1-10(2)12-7-8-13(11(3)4)15-14(12)9-16-17(15,5)6;1-9(2)12-6-7-13(10(3)4)15-14(12)11(5)8-16-15;1-9(2)11-5-6-12(10(3)4)14-13(11)7-8-15-14;1-9(2)11-6-7-12(10(3)4)13(8-11)14-5;1-9(2)11-5-7-12(8-6-11)10(3)4;1-6(2)8-10-11(15-5-12-10)9(7(3)4)14-13-8;;;;;;;/h2*7-8,10-11H,9H2,1-6H3;6-10H,1-5H3;5-10H,1-4H3;6-10H,1-5H3;5-10H,1-4H3;5-7H,1-4H3;7*1H4. The highest BCUT2D eigenvalue weighted by Gasteiger charge is 2.39. The largest absolute Gasteiger partial charge is 0.543 e. The Kier molecular flexibility index (Phi) is 46.6. The highest BCUT2D eigenvalue weighted by Crippen LogP contribution is 2.44. The van der Waals surface area contributed by atoms with Crippen molar-refractivity contribution in [3.63, 3.8) is 0 Å². The van der Waals surface area contributed by atoms with E-state index in [2.05, 4.69) is 350 Å². The summed E-state index contributed by atoms with van der Waals surface area (Å²) in [5.41, 5.74) is 26.8. The van der Waals surface area contributed by atoms with Crippen molar-refractivity contribution in [2.24, 2.45) is 0 Å². The fourth-order valence-electron chi connectivity index (χ4n) is 14.4. The Bertz CT molecular complexity index is 4180. The van der Waals surface area contributed by atoms with Gasteiger partial charge in [-0.2, -0.15) is 10.2 Å². The van der Waals surface area contributed by atoms with E-state index >= 15 is 0 Å². The molecule has 113 heavy (non-hydrogen) atoms. The molecule has 2 aliphatic heterocycles. The predicted octanol–water partition coefficient (Wildman–Crippen LogP) is 34.8. The zero-order valence-corrected chi connectivity index (χ0v) is 76.7. The normalized spacial score (nSPS) is 12.7. The molecule has 0 N–H and O–H groups in total. The minimum Gasteiger partial charge on any atom is -0.543 e. The third-order valence-corrected chi connectivity index (χ3v) is 28.3. The minimum atomic E-state index is -1.65. The molecule has 12 rings (SSSR count). The molecule has 0 saturated heterocycles. The minimum absolute atomic E-state index is 0.